The third-order valence-electron chi connectivity index (χ3n) is 2.99. The maximum Gasteiger partial charge on any atom is 0.224 e. The van der Waals surface area contributed by atoms with Gasteiger partial charge in [0.05, 0.1) is 5.75 Å². The maximum absolute atomic E-state index is 11.6. The van der Waals surface area contributed by atoms with Crippen molar-refractivity contribution in [3.05, 3.63) is 0 Å². The molecule has 2 unspecified atom stereocenters. The summed E-state index contributed by atoms with van der Waals surface area (Å²) in [6.07, 6.45) is 0.590. The van der Waals surface area contributed by atoms with Crippen LogP contribution in [0.4, 0.5) is 0 Å². The van der Waals surface area contributed by atoms with Crippen LogP contribution in [0.3, 0.4) is 0 Å². The average Bonchev–Trinajstić information content (AvgIpc) is 2.32. The van der Waals surface area contributed by atoms with Gasteiger partial charge in [-0.15, -0.1) is 0 Å². The van der Waals surface area contributed by atoms with E-state index in [1.807, 2.05) is 0 Å². The minimum atomic E-state index is -3.13. The number of nitrogens with one attached hydrogen (secondary N) is 1. The van der Waals surface area contributed by atoms with Crippen molar-refractivity contribution >= 4 is 15.9 Å². The standard InChI is InChI=1S/C11H25N3O3S/c1-5-18(16,17)14(4)8-6-7-13-11(15)9(2)10(3)12/h9-10H,5-8,12H2,1-4H3,(H,13,15). The Hall–Kier alpha value is -0.660. The molecule has 0 aromatic carbocycles. The molecule has 0 spiro atoms. The predicted molar refractivity (Wildman–Crippen MR) is 72.5 cm³/mol. The molecule has 0 fully saturated rings. The molecule has 0 aromatic rings. The minimum absolute atomic E-state index is 0.0917. The van der Waals surface area contributed by atoms with Crippen molar-refractivity contribution in [2.75, 3.05) is 25.9 Å². The Morgan fingerprint density at radius 1 is 1.39 bits per heavy atom. The Balaban J connectivity index is 3.92. The van der Waals surface area contributed by atoms with Crippen LogP contribution in [0.15, 0.2) is 0 Å². The second-order valence-corrected chi connectivity index (χ2v) is 6.88. The first kappa shape index (κ1) is 17.3. The molecule has 0 aliphatic rings. The summed E-state index contributed by atoms with van der Waals surface area (Å²) in [5, 5.41) is 2.75. The predicted octanol–water partition coefficient (Wildman–Crippen LogP) is -0.242. The van der Waals surface area contributed by atoms with Gasteiger partial charge < -0.3 is 11.1 Å². The Bertz CT molecular complexity index is 355. The van der Waals surface area contributed by atoms with Gasteiger partial charge in [-0.25, -0.2) is 12.7 Å². The summed E-state index contributed by atoms with van der Waals surface area (Å²) < 4.78 is 24.2. The lowest BCUT2D eigenvalue weighted by molar-refractivity contribution is -0.124. The number of nitrogens with zero attached hydrogens (tertiary/aromatic N) is 1. The Kier molecular flexibility index (Phi) is 7.42. The van der Waals surface area contributed by atoms with Crippen LogP contribution in [0.2, 0.25) is 0 Å². The van der Waals surface area contributed by atoms with Gasteiger partial charge in [-0.1, -0.05) is 6.92 Å². The molecule has 0 saturated carbocycles. The molecule has 0 heterocycles. The van der Waals surface area contributed by atoms with Gasteiger partial charge in [0.2, 0.25) is 15.9 Å². The summed E-state index contributed by atoms with van der Waals surface area (Å²) in [6, 6.07) is -0.187. The molecule has 1 amide bonds. The number of rotatable bonds is 8. The molecule has 0 aliphatic carbocycles. The van der Waals surface area contributed by atoms with Crippen molar-refractivity contribution in [3.63, 3.8) is 0 Å². The molecule has 3 N–H and O–H groups in total. The van der Waals surface area contributed by atoms with Crippen LogP contribution in [0.25, 0.3) is 0 Å². The lowest BCUT2D eigenvalue weighted by Gasteiger charge is -2.17. The highest BCUT2D eigenvalue weighted by atomic mass is 32.2. The first-order valence-electron chi connectivity index (χ1n) is 6.19. The van der Waals surface area contributed by atoms with Crippen LogP contribution in [0.1, 0.15) is 27.2 Å². The molecule has 0 radical (unpaired) electrons. The summed E-state index contributed by atoms with van der Waals surface area (Å²) in [4.78, 5) is 11.6. The van der Waals surface area contributed by atoms with Crippen molar-refractivity contribution in [3.8, 4) is 0 Å². The molecule has 0 aromatic heterocycles. The molecule has 7 heteroatoms. The molecular formula is C11H25N3O3S. The van der Waals surface area contributed by atoms with Gasteiger partial charge in [0, 0.05) is 32.1 Å². The SMILES string of the molecule is CCS(=O)(=O)N(C)CCCNC(=O)C(C)C(C)N. The number of nitrogens with two attached hydrogens (primary N) is 1. The second kappa shape index (κ2) is 7.70. The lowest BCUT2D eigenvalue weighted by atomic mass is 10.0. The van der Waals surface area contributed by atoms with Gasteiger partial charge in [0.25, 0.3) is 0 Å². The smallest absolute Gasteiger partial charge is 0.224 e. The van der Waals surface area contributed by atoms with Gasteiger partial charge in [-0.3, -0.25) is 4.79 Å². The van der Waals surface area contributed by atoms with Crippen molar-refractivity contribution in [1.29, 1.82) is 0 Å². The molecule has 2 atom stereocenters. The summed E-state index contributed by atoms with van der Waals surface area (Å²) in [7, 11) is -1.58. The van der Waals surface area contributed by atoms with Gasteiger partial charge in [-0.2, -0.15) is 0 Å². The van der Waals surface area contributed by atoms with E-state index in [0.717, 1.165) is 0 Å². The van der Waals surface area contributed by atoms with E-state index in [1.165, 1.54) is 4.31 Å². The van der Waals surface area contributed by atoms with E-state index in [1.54, 1.807) is 27.8 Å². The van der Waals surface area contributed by atoms with Gasteiger partial charge in [0.15, 0.2) is 0 Å². The third kappa shape index (κ3) is 5.79. The van der Waals surface area contributed by atoms with E-state index in [4.69, 9.17) is 5.73 Å². The highest BCUT2D eigenvalue weighted by Crippen LogP contribution is 2.00. The first-order valence-corrected chi connectivity index (χ1v) is 7.80. The minimum Gasteiger partial charge on any atom is -0.356 e. The lowest BCUT2D eigenvalue weighted by Crippen LogP contribution is -2.39. The molecule has 18 heavy (non-hydrogen) atoms. The monoisotopic (exact) mass is 279 g/mol. The quantitative estimate of drug-likeness (QED) is 0.600. The van der Waals surface area contributed by atoms with Crippen LogP contribution in [-0.2, 0) is 14.8 Å². The Morgan fingerprint density at radius 3 is 2.39 bits per heavy atom. The van der Waals surface area contributed by atoms with Crippen LogP contribution < -0.4 is 11.1 Å². The maximum atomic E-state index is 11.6. The first-order chi connectivity index (χ1) is 8.22. The molecule has 108 valence electrons. The average molecular weight is 279 g/mol. The summed E-state index contributed by atoms with van der Waals surface area (Å²) in [5.41, 5.74) is 5.62. The Labute approximate surface area is 110 Å². The fourth-order valence-electron chi connectivity index (χ4n) is 1.27. The van der Waals surface area contributed by atoms with Gasteiger partial charge in [0.1, 0.15) is 0 Å². The van der Waals surface area contributed by atoms with E-state index in [0.29, 0.717) is 19.5 Å². The van der Waals surface area contributed by atoms with Crippen LogP contribution in [0.5, 0.6) is 0 Å². The fourth-order valence-corrected chi connectivity index (χ4v) is 2.12. The van der Waals surface area contributed by atoms with Crippen molar-refractivity contribution in [2.45, 2.75) is 33.2 Å². The highest BCUT2D eigenvalue weighted by molar-refractivity contribution is 7.89. The van der Waals surface area contributed by atoms with Gasteiger partial charge >= 0.3 is 0 Å². The van der Waals surface area contributed by atoms with E-state index >= 15 is 0 Å². The highest BCUT2D eigenvalue weighted by Gasteiger charge is 2.17. The number of carbonyl (C=O) groups is 1. The van der Waals surface area contributed by atoms with E-state index in [2.05, 4.69) is 5.32 Å². The zero-order valence-electron chi connectivity index (χ0n) is 11.6. The zero-order chi connectivity index (χ0) is 14.3. The van der Waals surface area contributed by atoms with Crippen molar-refractivity contribution < 1.29 is 13.2 Å². The summed E-state index contributed by atoms with van der Waals surface area (Å²) >= 11 is 0. The molecule has 0 aliphatic heterocycles. The molecular weight excluding hydrogens is 254 g/mol. The number of sulfonamides is 1. The molecule has 0 rings (SSSR count). The topological polar surface area (TPSA) is 92.5 Å². The number of hydrogen-bond acceptors (Lipinski definition) is 4. The van der Waals surface area contributed by atoms with E-state index in [9.17, 15) is 13.2 Å². The molecule has 0 saturated heterocycles. The van der Waals surface area contributed by atoms with Crippen molar-refractivity contribution in [2.24, 2.45) is 11.7 Å². The normalized spacial score (nSPS) is 15.4. The fraction of sp³-hybridized carbons (Fsp3) is 0.909. The van der Waals surface area contributed by atoms with Crippen LogP contribution in [0, 0.1) is 5.92 Å². The molecule has 0 bridgehead atoms. The number of amides is 1. The Morgan fingerprint density at radius 2 is 1.94 bits per heavy atom. The van der Waals surface area contributed by atoms with Crippen LogP contribution in [-0.4, -0.2) is 50.6 Å². The van der Waals surface area contributed by atoms with Gasteiger partial charge in [-0.05, 0) is 20.3 Å². The summed E-state index contributed by atoms with van der Waals surface area (Å²) in [6.45, 7) is 6.03. The third-order valence-corrected chi connectivity index (χ3v) is 4.85. The number of carbonyl (C=O) groups excluding carboxylic acids is 1. The van der Waals surface area contributed by atoms with Crippen molar-refractivity contribution in [1.82, 2.24) is 9.62 Å². The van der Waals surface area contributed by atoms with Crippen LogP contribution >= 0.6 is 0 Å². The molecule has 6 nitrogen and oxygen atoms in total. The van der Waals surface area contributed by atoms with E-state index < -0.39 is 10.0 Å². The van der Waals surface area contributed by atoms with E-state index in [-0.39, 0.29) is 23.6 Å². The zero-order valence-corrected chi connectivity index (χ0v) is 12.5. The number of hydrogen-bond donors (Lipinski definition) is 2. The summed E-state index contributed by atoms with van der Waals surface area (Å²) in [5.74, 6) is -0.231. The largest absolute Gasteiger partial charge is 0.356 e. The second-order valence-electron chi connectivity index (χ2n) is 4.51.